The Bertz CT molecular complexity index is 3280. The first-order valence-corrected chi connectivity index (χ1v) is 21.7. The normalized spacial score (nSPS) is 20.0. The third kappa shape index (κ3) is 6.11. The summed E-state index contributed by atoms with van der Waals surface area (Å²) in [6.45, 7) is 11.0. The molecule has 6 aromatic heterocycles. The summed E-state index contributed by atoms with van der Waals surface area (Å²) < 4.78 is 50.5. The zero-order chi connectivity index (χ0) is 44.6. The second-order valence-electron chi connectivity index (χ2n) is 18.5. The number of aliphatic hydroxyl groups excluding tert-OH is 1. The van der Waals surface area contributed by atoms with Gasteiger partial charge in [-0.2, -0.15) is 10.2 Å². The number of benzene rings is 2. The molecule has 2 aromatic carbocycles. The molecular weight excluding hydrogens is 823 g/mol. The van der Waals surface area contributed by atoms with E-state index in [9.17, 15) is 14.7 Å². The van der Waals surface area contributed by atoms with E-state index >= 15 is 8.78 Å². The van der Waals surface area contributed by atoms with E-state index in [-0.39, 0.29) is 22.5 Å². The van der Waals surface area contributed by atoms with Gasteiger partial charge in [0.15, 0.2) is 11.6 Å². The summed E-state index contributed by atoms with van der Waals surface area (Å²) in [5.74, 6) is -0.863. The van der Waals surface area contributed by atoms with E-state index in [4.69, 9.17) is 14.4 Å². The summed E-state index contributed by atoms with van der Waals surface area (Å²) in [6, 6.07) is 12.5. The Morgan fingerprint density at radius 2 is 1.73 bits per heavy atom. The molecule has 1 saturated carbocycles. The van der Waals surface area contributed by atoms with E-state index in [1.165, 1.54) is 27.1 Å². The zero-order valence-electron chi connectivity index (χ0n) is 36.4. The third-order valence-corrected chi connectivity index (χ3v) is 13.9. The highest BCUT2D eigenvalue weighted by molar-refractivity contribution is 5.82. The number of aromatic amines is 1. The predicted octanol–water partition coefficient (Wildman–Crippen LogP) is 7.02. The molecule has 8 heterocycles. The number of ether oxygens (including phenoxy) is 1. The van der Waals surface area contributed by atoms with Crippen LogP contribution in [0.15, 0.2) is 81.4 Å². The molecule has 2 N–H and O–H groups in total. The zero-order valence-corrected chi connectivity index (χ0v) is 36.4. The monoisotopic (exact) mass is 870 g/mol. The van der Waals surface area contributed by atoms with Gasteiger partial charge in [0.2, 0.25) is 0 Å². The first-order valence-electron chi connectivity index (χ1n) is 21.7. The Hall–Kier alpha value is -6.43. The Kier molecular flexibility index (Phi) is 9.01. The lowest BCUT2D eigenvalue weighted by molar-refractivity contribution is -0.0593. The van der Waals surface area contributed by atoms with Crippen LogP contribution in [0.25, 0.3) is 39.1 Å². The lowest BCUT2D eigenvalue weighted by Crippen LogP contribution is -2.40. The number of aliphatic hydroxyl groups is 1. The van der Waals surface area contributed by atoms with Crippen molar-refractivity contribution in [3.8, 4) is 22.6 Å². The van der Waals surface area contributed by atoms with Crippen LogP contribution in [-0.4, -0.2) is 72.0 Å². The average molecular weight is 871 g/mol. The van der Waals surface area contributed by atoms with Crippen molar-refractivity contribution in [2.75, 3.05) is 13.2 Å². The number of aryl methyl sites for hydroxylation is 3. The highest BCUT2D eigenvalue weighted by atomic mass is 19.1. The van der Waals surface area contributed by atoms with Crippen molar-refractivity contribution in [2.24, 2.45) is 7.05 Å². The Morgan fingerprint density at radius 3 is 2.45 bits per heavy atom. The average Bonchev–Trinajstić information content (AvgIpc) is 3.72. The second-order valence-corrected chi connectivity index (χ2v) is 18.5. The minimum atomic E-state index is -1.16. The van der Waals surface area contributed by atoms with Gasteiger partial charge in [-0.1, -0.05) is 5.16 Å². The maximum atomic E-state index is 16.1. The van der Waals surface area contributed by atoms with Gasteiger partial charge in [-0.05, 0) is 125 Å². The van der Waals surface area contributed by atoms with Crippen LogP contribution in [0.3, 0.4) is 0 Å². The quantitative estimate of drug-likeness (QED) is 0.164. The highest BCUT2D eigenvalue weighted by Gasteiger charge is 2.54. The van der Waals surface area contributed by atoms with Gasteiger partial charge in [-0.15, -0.1) is 0 Å². The SMILES string of the molecule is Cc1cc(-c2nn3c(c2-n2ccn(-c4ccc5c(cnn5C)c4F)c2=O)[C@@H](C)N(C(O)c2cc4cc([C@@H]5CCOC(C)(C)C5)ccn4c2C2(c4noc(=O)[nH]4)CC2)CC3)cc(C)c1F. The lowest BCUT2D eigenvalue weighted by atomic mass is 9.84. The van der Waals surface area contributed by atoms with Crippen molar-refractivity contribution in [1.29, 1.82) is 0 Å². The number of hydrogen-bond acceptors (Lipinski definition) is 9. The van der Waals surface area contributed by atoms with Crippen LogP contribution in [0.5, 0.6) is 0 Å². The molecule has 15 nitrogen and oxygen atoms in total. The van der Waals surface area contributed by atoms with Crippen molar-refractivity contribution in [3.05, 3.63) is 139 Å². The standard InChI is InChI=1S/C47H48F2N10O5/c1-25-19-30(20-26(2)36(25)48)38-40(58-15-14-57(45(58)62)35-8-7-34-33(37(35)49)24-50-54(34)6)39-27(3)55(16-17-59(39)52-38)42(60)32-22-31-21-28(29-10-18-63-46(4,5)23-29)9-13-56(31)41(32)47(11-12-47)43-51-44(61)64-53-43/h7-9,13-15,19-22,24,27,29,42,60H,10-12,16-18,23H2,1-6H3,(H,51,53,61)/t27-,29-,42?/m1/s1. The maximum absolute atomic E-state index is 16.1. The van der Waals surface area contributed by atoms with Crippen LogP contribution >= 0.6 is 0 Å². The molecule has 1 aliphatic carbocycles. The summed E-state index contributed by atoms with van der Waals surface area (Å²) in [7, 11) is 1.72. The van der Waals surface area contributed by atoms with Crippen LogP contribution in [0, 0.1) is 25.5 Å². The first kappa shape index (κ1) is 40.4. The fourth-order valence-corrected chi connectivity index (χ4v) is 10.6. The van der Waals surface area contributed by atoms with Crippen LogP contribution < -0.4 is 11.4 Å². The molecule has 1 unspecified atom stereocenters. The number of imidazole rings is 1. The van der Waals surface area contributed by atoms with Crippen LogP contribution in [0.1, 0.15) is 104 Å². The van der Waals surface area contributed by atoms with Crippen LogP contribution in [0.4, 0.5) is 8.78 Å². The van der Waals surface area contributed by atoms with E-state index in [1.54, 1.807) is 56.0 Å². The van der Waals surface area contributed by atoms with Gasteiger partial charge in [0.25, 0.3) is 0 Å². The summed E-state index contributed by atoms with van der Waals surface area (Å²) in [5.41, 5.74) is 5.67. The largest absolute Gasteiger partial charge is 0.438 e. The first-order chi connectivity index (χ1) is 30.6. The molecule has 0 amide bonds. The summed E-state index contributed by atoms with van der Waals surface area (Å²) >= 11 is 0. The molecule has 0 bridgehead atoms. The van der Waals surface area contributed by atoms with Crippen LogP contribution in [0.2, 0.25) is 0 Å². The third-order valence-electron chi connectivity index (χ3n) is 13.9. The van der Waals surface area contributed by atoms with E-state index < -0.39 is 34.9 Å². The fourth-order valence-electron chi connectivity index (χ4n) is 10.6. The molecule has 11 rings (SSSR count). The smallest absolute Gasteiger partial charge is 0.376 e. The van der Waals surface area contributed by atoms with Gasteiger partial charge in [-0.25, -0.2) is 18.4 Å². The van der Waals surface area contributed by atoms with Gasteiger partial charge in [-0.3, -0.25) is 32.9 Å². The Balaban J connectivity index is 1.05. The number of pyridine rings is 1. The molecular formula is C47H48F2N10O5. The minimum Gasteiger partial charge on any atom is -0.376 e. The van der Waals surface area contributed by atoms with Crippen molar-refractivity contribution in [3.63, 3.8) is 0 Å². The number of rotatable bonds is 8. The molecule has 8 aromatic rings. The van der Waals surface area contributed by atoms with Gasteiger partial charge in [0.05, 0.1) is 52.1 Å². The van der Waals surface area contributed by atoms with Crippen molar-refractivity contribution in [1.82, 2.24) is 48.1 Å². The summed E-state index contributed by atoms with van der Waals surface area (Å²) in [6.07, 6.45) is 8.56. The number of nitrogens with one attached hydrogen (secondary N) is 1. The summed E-state index contributed by atoms with van der Waals surface area (Å²) in [5, 5.41) is 26.6. The molecule has 1 saturated heterocycles. The molecule has 330 valence electrons. The van der Waals surface area contributed by atoms with Crippen molar-refractivity contribution >= 4 is 16.4 Å². The van der Waals surface area contributed by atoms with E-state index in [2.05, 4.69) is 51.8 Å². The molecule has 3 atom stereocenters. The molecule has 0 spiro atoms. The topological polar surface area (TPSA) is 159 Å². The van der Waals surface area contributed by atoms with Gasteiger partial charge in [0, 0.05) is 61.1 Å². The fraction of sp³-hybridized carbons (Fsp3) is 0.383. The number of hydrogen-bond donors (Lipinski definition) is 2. The van der Waals surface area contributed by atoms with E-state index in [1.807, 2.05) is 22.6 Å². The summed E-state index contributed by atoms with van der Waals surface area (Å²) in [4.78, 5) is 31.8. The Labute approximate surface area is 365 Å². The molecule has 2 fully saturated rings. The van der Waals surface area contributed by atoms with Gasteiger partial charge < -0.3 is 14.2 Å². The van der Waals surface area contributed by atoms with Crippen molar-refractivity contribution in [2.45, 2.75) is 96.1 Å². The lowest BCUT2D eigenvalue weighted by Gasteiger charge is -2.38. The molecule has 3 aliphatic rings. The number of fused-ring (bicyclic) bond motifs is 3. The number of H-pyrrole nitrogens is 1. The van der Waals surface area contributed by atoms with Crippen molar-refractivity contribution < 1.29 is 23.1 Å². The van der Waals surface area contributed by atoms with Gasteiger partial charge in [0.1, 0.15) is 23.4 Å². The highest BCUT2D eigenvalue weighted by Crippen LogP contribution is 2.55. The number of aromatic nitrogens is 9. The maximum Gasteiger partial charge on any atom is 0.438 e. The molecule has 64 heavy (non-hydrogen) atoms. The van der Waals surface area contributed by atoms with Gasteiger partial charge >= 0.3 is 11.4 Å². The number of halogens is 2. The predicted molar refractivity (Wildman–Crippen MR) is 233 cm³/mol. The molecule has 0 radical (unpaired) electrons. The Morgan fingerprint density at radius 1 is 0.969 bits per heavy atom. The second kappa shape index (κ2) is 14.3. The van der Waals surface area contributed by atoms with E-state index in [0.717, 1.165) is 24.1 Å². The number of nitrogens with zero attached hydrogens (tertiary/aromatic N) is 9. The van der Waals surface area contributed by atoms with E-state index in [0.29, 0.717) is 89.1 Å². The van der Waals surface area contributed by atoms with Crippen LogP contribution in [-0.2, 0) is 23.7 Å². The molecule has 2 aliphatic heterocycles. The minimum absolute atomic E-state index is 0.0601. The molecule has 17 heteroatoms.